The molecule has 8 heteroatoms. The molecule has 0 radical (unpaired) electrons. The van der Waals surface area contributed by atoms with Gasteiger partial charge in [-0.05, 0) is 19.9 Å². The van der Waals surface area contributed by atoms with Crippen LogP contribution in [0.4, 0.5) is 11.8 Å². The van der Waals surface area contributed by atoms with Gasteiger partial charge in [-0.15, -0.1) is 11.3 Å². The smallest absolute Gasteiger partial charge is 0.228 e. The summed E-state index contributed by atoms with van der Waals surface area (Å²) in [5.74, 6) is 2.71. The summed E-state index contributed by atoms with van der Waals surface area (Å²) in [6.45, 7) is 4.55. The lowest BCUT2D eigenvalue weighted by Crippen LogP contribution is -2.08. The van der Waals surface area contributed by atoms with Crippen LogP contribution in [0.1, 0.15) is 16.6 Å². The van der Waals surface area contributed by atoms with Gasteiger partial charge in [0.1, 0.15) is 10.6 Å². The van der Waals surface area contributed by atoms with E-state index in [4.69, 9.17) is 4.52 Å². The Morgan fingerprint density at radius 1 is 1.24 bits per heavy atom. The number of aromatic nitrogens is 4. The van der Waals surface area contributed by atoms with E-state index < -0.39 is 0 Å². The van der Waals surface area contributed by atoms with Crippen molar-refractivity contribution in [2.75, 3.05) is 24.2 Å². The molecule has 0 aliphatic rings. The van der Waals surface area contributed by atoms with Gasteiger partial charge in [0, 0.05) is 24.9 Å². The highest BCUT2D eigenvalue weighted by Gasteiger charge is 2.10. The van der Waals surface area contributed by atoms with Crippen LogP contribution in [0.25, 0.3) is 10.2 Å². The standard InChI is InChI=1S/C13H16N6OS/c1-7-6-9-11(17-13(14-3)18-12(9)21-7)15-5-4-10-16-8(2)19-20-10/h6H,4-5H2,1-3H3,(H2,14,15,17,18). The summed E-state index contributed by atoms with van der Waals surface area (Å²) < 4.78 is 5.09. The molecule has 2 N–H and O–H groups in total. The van der Waals surface area contributed by atoms with Gasteiger partial charge < -0.3 is 15.2 Å². The van der Waals surface area contributed by atoms with Gasteiger partial charge in [-0.1, -0.05) is 5.16 Å². The summed E-state index contributed by atoms with van der Waals surface area (Å²) in [6, 6.07) is 2.10. The van der Waals surface area contributed by atoms with Crippen LogP contribution in [-0.2, 0) is 6.42 Å². The second-order valence-electron chi connectivity index (χ2n) is 4.63. The maximum absolute atomic E-state index is 5.09. The van der Waals surface area contributed by atoms with Gasteiger partial charge in [0.15, 0.2) is 5.82 Å². The number of nitrogens with one attached hydrogen (secondary N) is 2. The number of hydrogen-bond donors (Lipinski definition) is 2. The molecule has 0 atom stereocenters. The average molecular weight is 304 g/mol. The average Bonchev–Trinajstić information content (AvgIpc) is 3.03. The zero-order chi connectivity index (χ0) is 14.8. The molecule has 0 saturated heterocycles. The Morgan fingerprint density at radius 2 is 2.10 bits per heavy atom. The van der Waals surface area contributed by atoms with Gasteiger partial charge in [0.05, 0.1) is 5.39 Å². The zero-order valence-corrected chi connectivity index (χ0v) is 12.9. The number of thiophene rings is 1. The lowest BCUT2D eigenvalue weighted by molar-refractivity contribution is 0.377. The highest BCUT2D eigenvalue weighted by atomic mass is 32.1. The van der Waals surface area contributed by atoms with Crippen molar-refractivity contribution in [2.45, 2.75) is 20.3 Å². The molecule has 3 rings (SSSR count). The lowest BCUT2D eigenvalue weighted by Gasteiger charge is -2.07. The maximum Gasteiger partial charge on any atom is 0.228 e. The summed E-state index contributed by atoms with van der Waals surface area (Å²) >= 11 is 1.66. The van der Waals surface area contributed by atoms with Crippen molar-refractivity contribution < 1.29 is 4.52 Å². The van der Waals surface area contributed by atoms with Crippen molar-refractivity contribution >= 4 is 33.3 Å². The fourth-order valence-corrected chi connectivity index (χ4v) is 2.90. The SMILES string of the molecule is CNc1nc(NCCc2nc(C)no2)c2cc(C)sc2n1. The largest absolute Gasteiger partial charge is 0.369 e. The summed E-state index contributed by atoms with van der Waals surface area (Å²) in [4.78, 5) is 15.3. The molecule has 0 aromatic carbocycles. The summed E-state index contributed by atoms with van der Waals surface area (Å²) in [7, 11) is 1.81. The van der Waals surface area contributed by atoms with Crippen LogP contribution >= 0.6 is 11.3 Å². The fourth-order valence-electron chi connectivity index (χ4n) is 2.02. The summed E-state index contributed by atoms with van der Waals surface area (Å²) in [5, 5.41) is 11.1. The van der Waals surface area contributed by atoms with Crippen molar-refractivity contribution in [3.05, 3.63) is 22.7 Å². The van der Waals surface area contributed by atoms with Crippen molar-refractivity contribution in [2.24, 2.45) is 0 Å². The molecule has 21 heavy (non-hydrogen) atoms. The van der Waals surface area contributed by atoms with Crippen molar-refractivity contribution in [3.63, 3.8) is 0 Å². The summed E-state index contributed by atoms with van der Waals surface area (Å²) in [6.07, 6.45) is 0.657. The second kappa shape index (κ2) is 5.65. The molecule has 0 aliphatic heterocycles. The van der Waals surface area contributed by atoms with Gasteiger partial charge in [-0.25, -0.2) is 4.98 Å². The Morgan fingerprint density at radius 3 is 2.81 bits per heavy atom. The second-order valence-corrected chi connectivity index (χ2v) is 5.87. The molecule has 0 amide bonds. The first-order valence-corrected chi connectivity index (χ1v) is 7.46. The number of aryl methyl sites for hydroxylation is 2. The Kier molecular flexibility index (Phi) is 3.70. The highest BCUT2D eigenvalue weighted by Crippen LogP contribution is 2.29. The Labute approximate surface area is 125 Å². The number of fused-ring (bicyclic) bond motifs is 1. The van der Waals surface area contributed by atoms with E-state index in [0.29, 0.717) is 30.6 Å². The molecular formula is C13H16N6OS. The van der Waals surface area contributed by atoms with E-state index in [9.17, 15) is 0 Å². The third-order valence-corrected chi connectivity index (χ3v) is 3.88. The third kappa shape index (κ3) is 2.94. The summed E-state index contributed by atoms with van der Waals surface area (Å²) in [5.41, 5.74) is 0. The van der Waals surface area contributed by atoms with Crippen molar-refractivity contribution in [3.8, 4) is 0 Å². The van der Waals surface area contributed by atoms with E-state index in [2.05, 4.69) is 43.7 Å². The van der Waals surface area contributed by atoms with Gasteiger partial charge in [-0.2, -0.15) is 9.97 Å². The molecule has 0 saturated carbocycles. The molecule has 0 unspecified atom stereocenters. The molecule has 0 spiro atoms. The number of rotatable bonds is 5. The van der Waals surface area contributed by atoms with Gasteiger partial charge >= 0.3 is 0 Å². The lowest BCUT2D eigenvalue weighted by atomic mass is 10.3. The Balaban J connectivity index is 1.78. The first-order valence-electron chi connectivity index (χ1n) is 6.64. The number of nitrogens with zero attached hydrogens (tertiary/aromatic N) is 4. The zero-order valence-electron chi connectivity index (χ0n) is 12.1. The van der Waals surface area contributed by atoms with E-state index in [1.54, 1.807) is 11.3 Å². The van der Waals surface area contributed by atoms with Gasteiger partial charge in [-0.3, -0.25) is 0 Å². The Hall–Kier alpha value is -2.22. The van der Waals surface area contributed by atoms with E-state index in [0.717, 1.165) is 16.0 Å². The molecule has 0 aliphatic carbocycles. The predicted octanol–water partition coefficient (Wildman–Crippen LogP) is 2.39. The Bertz CT molecular complexity index is 765. The minimum atomic E-state index is 0.612. The monoisotopic (exact) mass is 304 g/mol. The molecular weight excluding hydrogens is 288 g/mol. The van der Waals surface area contributed by atoms with Crippen LogP contribution in [0.3, 0.4) is 0 Å². The molecule has 0 fully saturated rings. The first kappa shape index (κ1) is 13.7. The molecule has 110 valence electrons. The molecule has 0 bridgehead atoms. The number of hydrogen-bond acceptors (Lipinski definition) is 8. The molecule has 3 heterocycles. The van der Waals surface area contributed by atoms with Crippen molar-refractivity contribution in [1.29, 1.82) is 0 Å². The van der Waals surface area contributed by atoms with Crippen LogP contribution < -0.4 is 10.6 Å². The van der Waals surface area contributed by atoms with Gasteiger partial charge in [0.2, 0.25) is 11.8 Å². The highest BCUT2D eigenvalue weighted by molar-refractivity contribution is 7.18. The van der Waals surface area contributed by atoms with Crippen LogP contribution in [0, 0.1) is 13.8 Å². The maximum atomic E-state index is 5.09. The quantitative estimate of drug-likeness (QED) is 0.748. The van der Waals surface area contributed by atoms with Crippen LogP contribution in [0.15, 0.2) is 10.6 Å². The van der Waals surface area contributed by atoms with Crippen LogP contribution in [0.2, 0.25) is 0 Å². The van der Waals surface area contributed by atoms with Crippen molar-refractivity contribution in [1.82, 2.24) is 20.1 Å². The fraction of sp³-hybridized carbons (Fsp3) is 0.385. The van der Waals surface area contributed by atoms with E-state index in [1.165, 1.54) is 4.88 Å². The van der Waals surface area contributed by atoms with Gasteiger partial charge in [0.25, 0.3) is 0 Å². The minimum Gasteiger partial charge on any atom is -0.369 e. The topological polar surface area (TPSA) is 88.8 Å². The van der Waals surface area contributed by atoms with E-state index in [-0.39, 0.29) is 0 Å². The van der Waals surface area contributed by atoms with Crippen LogP contribution in [0.5, 0.6) is 0 Å². The molecule has 3 aromatic heterocycles. The third-order valence-electron chi connectivity index (χ3n) is 2.94. The number of anilines is 2. The molecule has 3 aromatic rings. The van der Waals surface area contributed by atoms with E-state index >= 15 is 0 Å². The molecule has 7 nitrogen and oxygen atoms in total. The predicted molar refractivity (Wildman–Crippen MR) is 82.9 cm³/mol. The first-order chi connectivity index (χ1) is 10.2. The van der Waals surface area contributed by atoms with E-state index in [1.807, 2.05) is 14.0 Å². The minimum absolute atomic E-state index is 0.612. The van der Waals surface area contributed by atoms with Crippen LogP contribution in [-0.4, -0.2) is 33.7 Å². The normalized spacial score (nSPS) is 11.0.